The van der Waals surface area contributed by atoms with E-state index in [-0.39, 0.29) is 6.54 Å². The Bertz CT molecular complexity index is 861. The standard InChI is InChI=1S/C22H24N2O4/c1-15(23-17-12-8-5-9-13-17)19-20(16-10-6-4-7-11-16)24(22(26)21(19)25)14-18(27-2)28-3/h4-13,18,20,23H,14H2,1-3H3. The summed E-state index contributed by atoms with van der Waals surface area (Å²) < 4.78 is 10.5. The number of allylic oxidation sites excluding steroid dienone is 1. The van der Waals surface area contributed by atoms with Crippen LogP contribution >= 0.6 is 0 Å². The van der Waals surface area contributed by atoms with E-state index in [9.17, 15) is 9.59 Å². The quantitative estimate of drug-likeness (QED) is 0.454. The van der Waals surface area contributed by atoms with Crippen LogP contribution in [-0.2, 0) is 19.1 Å². The van der Waals surface area contributed by atoms with Crippen LogP contribution in [0.1, 0.15) is 18.5 Å². The molecule has 146 valence electrons. The Kier molecular flexibility index (Phi) is 6.23. The van der Waals surface area contributed by atoms with Crippen LogP contribution in [0.15, 0.2) is 71.9 Å². The summed E-state index contributed by atoms with van der Waals surface area (Å²) in [6.07, 6.45) is -0.621. The molecule has 1 amide bonds. The van der Waals surface area contributed by atoms with Gasteiger partial charge in [-0.05, 0) is 24.6 Å². The Morgan fingerprint density at radius 1 is 1.00 bits per heavy atom. The van der Waals surface area contributed by atoms with Gasteiger partial charge in [0.2, 0.25) is 0 Å². The first-order valence-electron chi connectivity index (χ1n) is 9.05. The molecule has 0 aliphatic carbocycles. The molecule has 6 nitrogen and oxygen atoms in total. The molecule has 0 bridgehead atoms. The van der Waals surface area contributed by atoms with Gasteiger partial charge >= 0.3 is 0 Å². The number of hydrogen-bond donors (Lipinski definition) is 1. The minimum atomic E-state index is -0.621. The zero-order valence-electron chi connectivity index (χ0n) is 16.2. The molecule has 6 heteroatoms. The SMILES string of the molecule is COC(CN1C(=O)C(=O)C(=C(C)Nc2ccccc2)C1c1ccccc1)OC. The second-order valence-corrected chi connectivity index (χ2v) is 6.53. The molecule has 1 saturated heterocycles. The number of carbonyl (C=O) groups is 2. The minimum absolute atomic E-state index is 0.152. The third-order valence-corrected chi connectivity index (χ3v) is 4.78. The fourth-order valence-electron chi connectivity index (χ4n) is 3.40. The maximum absolute atomic E-state index is 12.9. The number of carbonyl (C=O) groups excluding carboxylic acids is 2. The van der Waals surface area contributed by atoms with Gasteiger partial charge in [0.1, 0.15) is 0 Å². The van der Waals surface area contributed by atoms with Gasteiger partial charge in [-0.2, -0.15) is 0 Å². The van der Waals surface area contributed by atoms with E-state index < -0.39 is 24.0 Å². The third kappa shape index (κ3) is 3.98. The summed E-state index contributed by atoms with van der Waals surface area (Å²) >= 11 is 0. The van der Waals surface area contributed by atoms with Crippen LogP contribution in [0, 0.1) is 0 Å². The van der Waals surface area contributed by atoms with Gasteiger partial charge in [-0.15, -0.1) is 0 Å². The number of Topliss-reactive ketones (excluding diaryl/α,β-unsaturated/α-hetero) is 1. The van der Waals surface area contributed by atoms with Crippen molar-refractivity contribution in [3.63, 3.8) is 0 Å². The molecule has 1 N–H and O–H groups in total. The Labute approximate surface area is 164 Å². The van der Waals surface area contributed by atoms with Crippen LogP contribution in [0.5, 0.6) is 0 Å². The van der Waals surface area contributed by atoms with E-state index in [2.05, 4.69) is 5.32 Å². The van der Waals surface area contributed by atoms with Crippen molar-refractivity contribution in [3.8, 4) is 0 Å². The topological polar surface area (TPSA) is 67.9 Å². The highest BCUT2D eigenvalue weighted by Gasteiger charge is 2.45. The summed E-state index contributed by atoms with van der Waals surface area (Å²) in [5.74, 6) is -1.07. The molecule has 1 aliphatic heterocycles. The lowest BCUT2D eigenvalue weighted by Crippen LogP contribution is -2.38. The highest BCUT2D eigenvalue weighted by atomic mass is 16.7. The van der Waals surface area contributed by atoms with Gasteiger partial charge in [-0.25, -0.2) is 0 Å². The Morgan fingerprint density at radius 2 is 1.57 bits per heavy atom. The highest BCUT2D eigenvalue weighted by Crippen LogP contribution is 2.37. The Balaban J connectivity index is 2.04. The molecule has 0 aromatic heterocycles. The molecule has 1 heterocycles. The number of likely N-dealkylation sites (tertiary alicyclic amines) is 1. The normalized spacial score (nSPS) is 18.7. The van der Waals surface area contributed by atoms with Crippen LogP contribution < -0.4 is 5.32 Å². The number of nitrogens with zero attached hydrogens (tertiary/aromatic N) is 1. The molecule has 0 radical (unpaired) electrons. The van der Waals surface area contributed by atoms with E-state index in [0.717, 1.165) is 11.3 Å². The van der Waals surface area contributed by atoms with E-state index in [1.165, 1.54) is 19.1 Å². The molecule has 0 saturated carbocycles. The first-order valence-corrected chi connectivity index (χ1v) is 9.05. The monoisotopic (exact) mass is 380 g/mol. The summed E-state index contributed by atoms with van der Waals surface area (Å²) in [6.45, 7) is 1.97. The number of amides is 1. The lowest BCUT2D eigenvalue weighted by molar-refractivity contribution is -0.149. The predicted molar refractivity (Wildman–Crippen MR) is 106 cm³/mol. The number of anilines is 1. The summed E-state index contributed by atoms with van der Waals surface area (Å²) in [5.41, 5.74) is 2.79. The molecule has 1 aliphatic rings. The van der Waals surface area contributed by atoms with Crippen LogP contribution in [0.4, 0.5) is 5.69 Å². The van der Waals surface area contributed by atoms with Crippen LogP contribution in [-0.4, -0.2) is 43.6 Å². The van der Waals surface area contributed by atoms with Crippen LogP contribution in [0.3, 0.4) is 0 Å². The zero-order chi connectivity index (χ0) is 20.1. The van der Waals surface area contributed by atoms with Gasteiger partial charge in [-0.3, -0.25) is 9.59 Å². The Morgan fingerprint density at radius 3 is 2.14 bits per heavy atom. The number of ketones is 1. The molecule has 2 aromatic carbocycles. The first kappa shape index (κ1) is 19.8. The van der Waals surface area contributed by atoms with E-state index in [1.54, 1.807) is 0 Å². The predicted octanol–water partition coefficient (Wildman–Crippen LogP) is 3.14. The molecular formula is C22H24N2O4. The van der Waals surface area contributed by atoms with Crippen molar-refractivity contribution >= 4 is 17.4 Å². The van der Waals surface area contributed by atoms with Crippen molar-refractivity contribution in [1.82, 2.24) is 4.90 Å². The summed E-state index contributed by atoms with van der Waals surface area (Å²) in [6, 6.07) is 18.5. The van der Waals surface area contributed by atoms with Crippen molar-refractivity contribution < 1.29 is 19.1 Å². The van der Waals surface area contributed by atoms with Crippen molar-refractivity contribution in [2.45, 2.75) is 19.3 Å². The summed E-state index contributed by atoms with van der Waals surface area (Å²) in [7, 11) is 3.01. The van der Waals surface area contributed by atoms with Gasteiger partial charge in [0.15, 0.2) is 6.29 Å². The van der Waals surface area contributed by atoms with Crippen molar-refractivity contribution in [3.05, 3.63) is 77.5 Å². The maximum atomic E-state index is 12.9. The van der Waals surface area contributed by atoms with Crippen molar-refractivity contribution in [1.29, 1.82) is 0 Å². The average Bonchev–Trinajstić information content (AvgIpc) is 2.98. The van der Waals surface area contributed by atoms with E-state index >= 15 is 0 Å². The van der Waals surface area contributed by atoms with Crippen molar-refractivity contribution in [2.24, 2.45) is 0 Å². The van der Waals surface area contributed by atoms with E-state index in [1.807, 2.05) is 67.6 Å². The number of hydrogen-bond acceptors (Lipinski definition) is 5. The second-order valence-electron chi connectivity index (χ2n) is 6.53. The van der Waals surface area contributed by atoms with Gasteiger partial charge in [-0.1, -0.05) is 48.5 Å². The fraction of sp³-hybridized carbons (Fsp3) is 0.273. The second kappa shape index (κ2) is 8.82. The van der Waals surface area contributed by atoms with Gasteiger partial charge in [0.25, 0.3) is 11.7 Å². The van der Waals surface area contributed by atoms with Crippen LogP contribution in [0.2, 0.25) is 0 Å². The molecule has 2 aromatic rings. The number of nitrogens with one attached hydrogen (secondary N) is 1. The number of rotatable bonds is 7. The average molecular weight is 380 g/mol. The molecule has 0 spiro atoms. The lowest BCUT2D eigenvalue weighted by atomic mass is 9.97. The molecule has 1 unspecified atom stereocenters. The molecule has 28 heavy (non-hydrogen) atoms. The van der Waals surface area contributed by atoms with Gasteiger partial charge in [0, 0.05) is 25.6 Å². The molecule has 1 fully saturated rings. The third-order valence-electron chi connectivity index (χ3n) is 4.78. The summed E-state index contributed by atoms with van der Waals surface area (Å²) in [5, 5.41) is 3.25. The number of methoxy groups -OCH3 is 2. The van der Waals surface area contributed by atoms with E-state index in [0.29, 0.717) is 11.3 Å². The molecular weight excluding hydrogens is 356 g/mol. The number of para-hydroxylation sites is 1. The van der Waals surface area contributed by atoms with Crippen LogP contribution in [0.25, 0.3) is 0 Å². The largest absolute Gasteiger partial charge is 0.359 e. The minimum Gasteiger partial charge on any atom is -0.359 e. The maximum Gasteiger partial charge on any atom is 0.295 e. The number of benzene rings is 2. The Hall–Kier alpha value is -2.96. The first-order chi connectivity index (χ1) is 13.6. The van der Waals surface area contributed by atoms with Gasteiger partial charge in [0.05, 0.1) is 18.2 Å². The fourth-order valence-corrected chi connectivity index (χ4v) is 3.40. The van der Waals surface area contributed by atoms with E-state index in [4.69, 9.17) is 9.47 Å². The van der Waals surface area contributed by atoms with Crippen molar-refractivity contribution in [2.75, 3.05) is 26.1 Å². The molecule has 1 atom stereocenters. The zero-order valence-corrected chi connectivity index (χ0v) is 16.2. The lowest BCUT2D eigenvalue weighted by Gasteiger charge is -2.28. The summed E-state index contributed by atoms with van der Waals surface area (Å²) in [4.78, 5) is 27.3. The molecule has 3 rings (SSSR count). The number of ether oxygens (including phenoxy) is 2. The highest BCUT2D eigenvalue weighted by molar-refractivity contribution is 6.45. The smallest absolute Gasteiger partial charge is 0.295 e. The van der Waals surface area contributed by atoms with Gasteiger partial charge < -0.3 is 19.7 Å².